The van der Waals surface area contributed by atoms with Crippen molar-refractivity contribution in [2.45, 2.75) is 26.3 Å². The van der Waals surface area contributed by atoms with Gasteiger partial charge in [0.25, 0.3) is 0 Å². The third kappa shape index (κ3) is 3.37. The molecule has 3 heteroatoms. The molecule has 19 heavy (non-hydrogen) atoms. The standard InChI is InChI=1S/C16H21NOS/c1-11-8-12(2)19-16(11)15(17-3)10-13-6-5-7-14(9-13)18-4/h5-9,15,17H,10H2,1-4H3. The highest BCUT2D eigenvalue weighted by Gasteiger charge is 2.15. The highest BCUT2D eigenvalue weighted by molar-refractivity contribution is 7.12. The number of nitrogens with one attached hydrogen (secondary N) is 1. The summed E-state index contributed by atoms with van der Waals surface area (Å²) in [6.45, 7) is 4.36. The van der Waals surface area contributed by atoms with Crippen LogP contribution in [0.15, 0.2) is 30.3 Å². The highest BCUT2D eigenvalue weighted by atomic mass is 32.1. The van der Waals surface area contributed by atoms with Gasteiger partial charge in [-0.3, -0.25) is 0 Å². The molecular formula is C16H21NOS. The van der Waals surface area contributed by atoms with Crippen molar-refractivity contribution in [3.8, 4) is 5.75 Å². The largest absolute Gasteiger partial charge is 0.497 e. The van der Waals surface area contributed by atoms with Crippen molar-refractivity contribution in [1.82, 2.24) is 5.32 Å². The van der Waals surface area contributed by atoms with Crippen LogP contribution < -0.4 is 10.1 Å². The van der Waals surface area contributed by atoms with E-state index in [1.165, 1.54) is 20.9 Å². The number of hydrogen-bond acceptors (Lipinski definition) is 3. The van der Waals surface area contributed by atoms with Crippen LogP contribution in [0.2, 0.25) is 0 Å². The van der Waals surface area contributed by atoms with Crippen LogP contribution in [0.25, 0.3) is 0 Å². The van der Waals surface area contributed by atoms with E-state index in [2.05, 4.69) is 37.4 Å². The van der Waals surface area contributed by atoms with Gasteiger partial charge < -0.3 is 10.1 Å². The lowest BCUT2D eigenvalue weighted by atomic mass is 10.0. The Kier molecular flexibility index (Phi) is 4.61. The zero-order valence-electron chi connectivity index (χ0n) is 12.0. The number of hydrogen-bond donors (Lipinski definition) is 1. The van der Waals surface area contributed by atoms with Gasteiger partial charge in [-0.1, -0.05) is 12.1 Å². The maximum atomic E-state index is 5.29. The number of aryl methyl sites for hydroxylation is 2. The van der Waals surface area contributed by atoms with Crippen molar-refractivity contribution in [2.24, 2.45) is 0 Å². The van der Waals surface area contributed by atoms with Gasteiger partial charge in [-0.2, -0.15) is 0 Å². The van der Waals surface area contributed by atoms with Crippen LogP contribution in [0, 0.1) is 13.8 Å². The molecule has 102 valence electrons. The van der Waals surface area contributed by atoms with Crippen LogP contribution in [0.3, 0.4) is 0 Å². The average Bonchev–Trinajstić information content (AvgIpc) is 2.75. The molecule has 1 atom stereocenters. The van der Waals surface area contributed by atoms with E-state index in [1.807, 2.05) is 30.5 Å². The van der Waals surface area contributed by atoms with Gasteiger partial charge in [-0.25, -0.2) is 0 Å². The fourth-order valence-electron chi connectivity index (χ4n) is 2.37. The average molecular weight is 275 g/mol. The van der Waals surface area contributed by atoms with Crippen LogP contribution >= 0.6 is 11.3 Å². The minimum atomic E-state index is 0.366. The lowest BCUT2D eigenvalue weighted by Crippen LogP contribution is -2.18. The number of likely N-dealkylation sites (N-methyl/N-ethyl adjacent to an activating group) is 1. The molecule has 0 fully saturated rings. The maximum absolute atomic E-state index is 5.29. The Hall–Kier alpha value is -1.32. The molecule has 0 aliphatic carbocycles. The molecule has 1 aromatic carbocycles. The molecule has 0 saturated carbocycles. The molecule has 0 aliphatic heterocycles. The van der Waals surface area contributed by atoms with Crippen LogP contribution in [-0.4, -0.2) is 14.2 Å². The van der Waals surface area contributed by atoms with Crippen molar-refractivity contribution in [3.63, 3.8) is 0 Å². The van der Waals surface area contributed by atoms with Gasteiger partial charge >= 0.3 is 0 Å². The Morgan fingerprint density at radius 3 is 2.63 bits per heavy atom. The number of methoxy groups -OCH3 is 1. The lowest BCUT2D eigenvalue weighted by Gasteiger charge is -2.16. The van der Waals surface area contributed by atoms with Gasteiger partial charge in [0.15, 0.2) is 0 Å². The zero-order chi connectivity index (χ0) is 13.8. The summed E-state index contributed by atoms with van der Waals surface area (Å²) in [6.07, 6.45) is 0.981. The molecule has 0 saturated heterocycles. The molecule has 0 amide bonds. The number of benzene rings is 1. The van der Waals surface area contributed by atoms with Crippen molar-refractivity contribution in [2.75, 3.05) is 14.2 Å². The monoisotopic (exact) mass is 275 g/mol. The van der Waals surface area contributed by atoms with Crippen LogP contribution in [-0.2, 0) is 6.42 Å². The summed E-state index contributed by atoms with van der Waals surface area (Å²) in [5, 5.41) is 3.43. The van der Waals surface area contributed by atoms with Gasteiger partial charge in [0.2, 0.25) is 0 Å². The van der Waals surface area contributed by atoms with E-state index in [4.69, 9.17) is 4.74 Å². The Morgan fingerprint density at radius 1 is 1.26 bits per heavy atom. The molecule has 1 aromatic heterocycles. The molecule has 0 radical (unpaired) electrons. The van der Waals surface area contributed by atoms with Crippen molar-refractivity contribution < 1.29 is 4.74 Å². The minimum absolute atomic E-state index is 0.366. The summed E-state index contributed by atoms with van der Waals surface area (Å²) < 4.78 is 5.29. The second-order valence-electron chi connectivity index (χ2n) is 4.80. The topological polar surface area (TPSA) is 21.3 Å². The fourth-order valence-corrected chi connectivity index (χ4v) is 3.51. The molecule has 0 aliphatic rings. The van der Waals surface area contributed by atoms with E-state index in [9.17, 15) is 0 Å². The van der Waals surface area contributed by atoms with Gasteiger partial charge in [-0.05, 0) is 56.6 Å². The van der Waals surface area contributed by atoms with E-state index in [-0.39, 0.29) is 0 Å². The second-order valence-corrected chi connectivity index (χ2v) is 6.09. The summed E-state index contributed by atoms with van der Waals surface area (Å²) in [5.41, 5.74) is 2.67. The first-order chi connectivity index (χ1) is 9.13. The van der Waals surface area contributed by atoms with Crippen molar-refractivity contribution in [1.29, 1.82) is 0 Å². The molecule has 1 unspecified atom stereocenters. The van der Waals surface area contributed by atoms with E-state index >= 15 is 0 Å². The van der Waals surface area contributed by atoms with Gasteiger partial charge in [0.1, 0.15) is 5.75 Å². The fraction of sp³-hybridized carbons (Fsp3) is 0.375. The lowest BCUT2D eigenvalue weighted by molar-refractivity contribution is 0.414. The quantitative estimate of drug-likeness (QED) is 0.894. The van der Waals surface area contributed by atoms with Gasteiger partial charge in [0.05, 0.1) is 7.11 Å². The summed E-state index contributed by atoms with van der Waals surface area (Å²) in [4.78, 5) is 2.81. The van der Waals surface area contributed by atoms with E-state index in [0.29, 0.717) is 6.04 Å². The van der Waals surface area contributed by atoms with Crippen LogP contribution in [0.5, 0.6) is 5.75 Å². The SMILES string of the molecule is CNC(Cc1cccc(OC)c1)c1sc(C)cc1C. The smallest absolute Gasteiger partial charge is 0.119 e. The van der Waals surface area contributed by atoms with Gasteiger partial charge in [0, 0.05) is 15.8 Å². The minimum Gasteiger partial charge on any atom is -0.497 e. The predicted octanol–water partition coefficient (Wildman–Crippen LogP) is 3.88. The molecule has 1 N–H and O–H groups in total. The Bertz CT molecular complexity index is 547. The van der Waals surface area contributed by atoms with E-state index in [0.717, 1.165) is 12.2 Å². The molecule has 1 heterocycles. The maximum Gasteiger partial charge on any atom is 0.119 e. The molecule has 2 nitrogen and oxygen atoms in total. The number of rotatable bonds is 5. The summed E-state index contributed by atoms with van der Waals surface area (Å²) in [6, 6.07) is 10.9. The molecule has 2 rings (SSSR count). The summed E-state index contributed by atoms with van der Waals surface area (Å²) in [7, 11) is 3.74. The number of thiophene rings is 1. The van der Waals surface area contributed by atoms with E-state index < -0.39 is 0 Å². The van der Waals surface area contributed by atoms with Crippen molar-refractivity contribution >= 4 is 11.3 Å². The molecular weight excluding hydrogens is 254 g/mol. The molecule has 0 spiro atoms. The number of ether oxygens (including phenoxy) is 1. The van der Waals surface area contributed by atoms with Crippen LogP contribution in [0.4, 0.5) is 0 Å². The second kappa shape index (κ2) is 6.22. The first-order valence-corrected chi connectivity index (χ1v) is 7.32. The Balaban J connectivity index is 2.21. The first kappa shape index (κ1) is 14.1. The Morgan fingerprint density at radius 2 is 2.05 bits per heavy atom. The zero-order valence-corrected chi connectivity index (χ0v) is 12.8. The van der Waals surface area contributed by atoms with Crippen LogP contribution in [0.1, 0.15) is 26.9 Å². The normalized spacial score (nSPS) is 12.4. The molecule has 0 bridgehead atoms. The third-order valence-corrected chi connectivity index (χ3v) is 4.58. The highest BCUT2D eigenvalue weighted by Crippen LogP contribution is 2.30. The van der Waals surface area contributed by atoms with Crippen molar-refractivity contribution in [3.05, 3.63) is 51.2 Å². The predicted molar refractivity (Wildman–Crippen MR) is 82.3 cm³/mol. The third-order valence-electron chi connectivity index (χ3n) is 3.32. The van der Waals surface area contributed by atoms with E-state index in [1.54, 1.807) is 7.11 Å². The Labute approximate surface area is 119 Å². The first-order valence-electron chi connectivity index (χ1n) is 6.51. The molecule has 2 aromatic rings. The summed E-state index contributed by atoms with van der Waals surface area (Å²) >= 11 is 1.88. The summed E-state index contributed by atoms with van der Waals surface area (Å²) in [5.74, 6) is 0.923. The van der Waals surface area contributed by atoms with Gasteiger partial charge in [-0.15, -0.1) is 11.3 Å².